The Bertz CT molecular complexity index is 1080. The third-order valence-electron chi connectivity index (χ3n) is 7.81. The minimum absolute atomic E-state index is 0.0685. The molecule has 0 aliphatic carbocycles. The van der Waals surface area contributed by atoms with E-state index in [1.165, 1.54) is 18.9 Å². The molecule has 3 fully saturated rings. The molecule has 3 aliphatic rings. The first-order valence-corrected chi connectivity index (χ1v) is 16.4. The minimum Gasteiger partial charge on any atom is -0.388 e. The number of aliphatic hydroxyl groups excluding tert-OH is 5. The van der Waals surface area contributed by atoms with E-state index in [0.29, 0.717) is 0 Å². The van der Waals surface area contributed by atoms with E-state index in [2.05, 4.69) is 21.3 Å². The number of nitrogens with zero attached hydrogens (tertiary/aromatic N) is 1. The molecule has 21 heteroatoms. The van der Waals surface area contributed by atoms with Gasteiger partial charge in [0.05, 0.1) is 65.4 Å². The van der Waals surface area contributed by atoms with Gasteiger partial charge in [-0.3, -0.25) is 24.1 Å². The van der Waals surface area contributed by atoms with Gasteiger partial charge in [-0.2, -0.15) is 0 Å². The van der Waals surface area contributed by atoms with Crippen LogP contribution in [0.25, 0.3) is 0 Å². The zero-order valence-corrected chi connectivity index (χ0v) is 28.1. The highest BCUT2D eigenvalue weighted by atomic mass is 16.8. The van der Waals surface area contributed by atoms with E-state index >= 15 is 0 Å². The van der Waals surface area contributed by atoms with E-state index in [-0.39, 0.29) is 91.2 Å². The lowest BCUT2D eigenvalue weighted by Gasteiger charge is -2.45. The number of nitrogens with one attached hydrogen (secondary N) is 4. The fourth-order valence-electron chi connectivity index (χ4n) is 5.05. The van der Waals surface area contributed by atoms with Crippen LogP contribution in [0.5, 0.6) is 0 Å². The second kappa shape index (κ2) is 21.7. The van der Waals surface area contributed by atoms with Crippen LogP contribution >= 0.6 is 0 Å². The monoisotopic (exact) mass is 725 g/mol. The van der Waals surface area contributed by atoms with Gasteiger partial charge in [-0.15, -0.1) is 0 Å². The third kappa shape index (κ3) is 13.5. The van der Waals surface area contributed by atoms with Crippen LogP contribution in [0.1, 0.15) is 13.3 Å². The number of rotatable bonds is 11. The van der Waals surface area contributed by atoms with Gasteiger partial charge in [0.1, 0.15) is 36.6 Å². The largest absolute Gasteiger partial charge is 0.388 e. The van der Waals surface area contributed by atoms with Gasteiger partial charge in [-0.1, -0.05) is 0 Å². The van der Waals surface area contributed by atoms with Crippen molar-refractivity contribution in [2.24, 2.45) is 0 Å². The van der Waals surface area contributed by atoms with Gasteiger partial charge < -0.3 is 80.0 Å². The molecule has 3 aliphatic heterocycles. The Morgan fingerprint density at radius 3 is 2.00 bits per heavy atom. The third-order valence-corrected chi connectivity index (χ3v) is 7.81. The van der Waals surface area contributed by atoms with Crippen molar-refractivity contribution in [2.45, 2.75) is 74.9 Å². The highest BCUT2D eigenvalue weighted by Gasteiger charge is 2.50. The summed E-state index contributed by atoms with van der Waals surface area (Å²) in [6.07, 6.45) is -15.0. The fraction of sp³-hybridized carbons (Fsp3) is 0.862. The molecule has 3 heterocycles. The van der Waals surface area contributed by atoms with Crippen molar-refractivity contribution >= 4 is 23.6 Å². The van der Waals surface area contributed by atoms with E-state index in [4.69, 9.17) is 33.2 Å². The quantitative estimate of drug-likeness (QED) is 0.0895. The van der Waals surface area contributed by atoms with Crippen LogP contribution in [0.4, 0.5) is 0 Å². The maximum absolute atomic E-state index is 12.8. The summed E-state index contributed by atoms with van der Waals surface area (Å²) in [5, 5.41) is 62.8. The normalized spacial score (nSPS) is 33.8. The maximum atomic E-state index is 12.8. The number of carbonyl (C=O) groups excluding carboxylic acids is 4. The molecular formula is C29H51N5O16. The predicted molar refractivity (Wildman–Crippen MR) is 166 cm³/mol. The van der Waals surface area contributed by atoms with Crippen molar-refractivity contribution in [1.29, 1.82) is 0 Å². The van der Waals surface area contributed by atoms with Crippen LogP contribution in [0, 0.1) is 0 Å². The number of ether oxygens (including phenoxy) is 7. The fourth-order valence-corrected chi connectivity index (χ4v) is 5.05. The first-order valence-electron chi connectivity index (χ1n) is 16.4. The first-order chi connectivity index (χ1) is 23.9. The molecule has 0 aromatic heterocycles. The first kappa shape index (κ1) is 41.8. The van der Waals surface area contributed by atoms with E-state index in [1.807, 2.05) is 0 Å². The second-order valence-corrected chi connectivity index (χ2v) is 11.7. The number of hydrogen-bond donors (Lipinski definition) is 9. The Morgan fingerprint density at radius 1 is 0.760 bits per heavy atom. The number of amides is 4. The van der Waals surface area contributed by atoms with E-state index in [9.17, 15) is 44.7 Å². The van der Waals surface area contributed by atoms with E-state index < -0.39 is 79.3 Å². The molecule has 0 aromatic carbocycles. The van der Waals surface area contributed by atoms with Crippen molar-refractivity contribution < 1.29 is 77.9 Å². The van der Waals surface area contributed by atoms with Gasteiger partial charge in [0.15, 0.2) is 18.9 Å². The molecule has 0 spiro atoms. The summed E-state index contributed by atoms with van der Waals surface area (Å²) in [5.74, 6) is -1.70. The zero-order valence-electron chi connectivity index (χ0n) is 28.1. The Balaban J connectivity index is 1.57. The molecule has 3 saturated heterocycles. The Kier molecular flexibility index (Phi) is 18.1. The Labute approximate surface area is 288 Å². The van der Waals surface area contributed by atoms with E-state index in [1.54, 1.807) is 0 Å². The molecular weight excluding hydrogens is 674 g/mol. The number of aliphatic hydroxyl groups is 5. The molecule has 288 valence electrons. The van der Waals surface area contributed by atoms with Gasteiger partial charge in [-0.05, 0) is 6.92 Å². The predicted octanol–water partition coefficient (Wildman–Crippen LogP) is -6.53. The molecule has 50 heavy (non-hydrogen) atoms. The molecule has 21 nitrogen and oxygen atoms in total. The summed E-state index contributed by atoms with van der Waals surface area (Å²) in [6, 6.07) is 0. The lowest BCUT2D eigenvalue weighted by Crippen LogP contribution is -2.64. The van der Waals surface area contributed by atoms with Crippen LogP contribution < -0.4 is 21.3 Å². The average molecular weight is 726 g/mol. The lowest BCUT2D eigenvalue weighted by molar-refractivity contribution is -0.387. The average Bonchev–Trinajstić information content (AvgIpc) is 3.08. The van der Waals surface area contributed by atoms with Gasteiger partial charge in [-0.25, -0.2) is 0 Å². The molecule has 0 saturated carbocycles. The summed E-state index contributed by atoms with van der Waals surface area (Å²) in [4.78, 5) is 50.6. The van der Waals surface area contributed by atoms with Crippen LogP contribution in [0.15, 0.2) is 0 Å². The highest BCUT2D eigenvalue weighted by Crippen LogP contribution is 2.29. The van der Waals surface area contributed by atoms with Gasteiger partial charge >= 0.3 is 0 Å². The molecule has 0 radical (unpaired) electrons. The van der Waals surface area contributed by atoms with Crippen LogP contribution in [0.3, 0.4) is 0 Å². The summed E-state index contributed by atoms with van der Waals surface area (Å²) < 4.78 is 38.7. The summed E-state index contributed by atoms with van der Waals surface area (Å²) in [5.41, 5.74) is 0. The van der Waals surface area contributed by atoms with Gasteiger partial charge in [0.2, 0.25) is 23.6 Å². The Morgan fingerprint density at radius 2 is 1.36 bits per heavy atom. The SMILES string of the molecule is CNC(=O)CCOCCOCCNC(=O)CN1CC(=O)NCCO[C@@H]2O[C@@H](O[C@@H]3[C@H](OCCNC(=O)C1)O[C@@H](C)[C@@H](O)[C@H]3O)[C@@H](O)[C@@H](O)[C@@H]2O. The molecule has 4 amide bonds. The second-order valence-electron chi connectivity index (χ2n) is 11.7. The standard InChI is InChI=1S/C29H51N5O16/c1-16-21(39)23(41)26-29(48-16)47-10-6-33-20(38)15-34(13-18(36)31-4-8-45-12-11-44-7-3-17(35)30-2)14-19(37)32-5-9-46-27-24(42)22(40)25(43)28(49-26)50-27/h16,21-29,39-43H,3-15H2,1-2H3,(H,30,35)(H,31,36)(H,32,37)(H,33,38)/t16-,21+,22-,23+,24-,25-,26-,27+,28+,29+/m0/s1. The van der Waals surface area contributed by atoms with Crippen molar-refractivity contribution in [1.82, 2.24) is 26.2 Å². The van der Waals surface area contributed by atoms with Crippen molar-refractivity contribution in [2.75, 3.05) is 86.0 Å². The van der Waals surface area contributed by atoms with Crippen molar-refractivity contribution in [3.8, 4) is 0 Å². The summed E-state index contributed by atoms with van der Waals surface area (Å²) in [6.45, 7) is 1.00. The minimum atomic E-state index is -1.80. The van der Waals surface area contributed by atoms with Crippen LogP contribution in [-0.4, -0.2) is 202 Å². The van der Waals surface area contributed by atoms with Gasteiger partial charge in [0.25, 0.3) is 0 Å². The number of hydrogen-bond acceptors (Lipinski definition) is 17. The smallest absolute Gasteiger partial charge is 0.234 e. The van der Waals surface area contributed by atoms with Crippen LogP contribution in [0.2, 0.25) is 0 Å². The Hall–Kier alpha value is -2.64. The van der Waals surface area contributed by atoms with Crippen molar-refractivity contribution in [3.05, 3.63) is 0 Å². The van der Waals surface area contributed by atoms with Crippen LogP contribution in [-0.2, 0) is 52.3 Å². The molecule has 2 bridgehead atoms. The number of carbonyl (C=O) groups is 4. The van der Waals surface area contributed by atoms with Crippen molar-refractivity contribution in [3.63, 3.8) is 0 Å². The highest BCUT2D eigenvalue weighted by molar-refractivity contribution is 5.84. The van der Waals surface area contributed by atoms with E-state index in [0.717, 1.165) is 0 Å². The molecule has 0 unspecified atom stereocenters. The molecule has 0 aromatic rings. The summed E-state index contributed by atoms with van der Waals surface area (Å²) in [7, 11) is 1.54. The summed E-state index contributed by atoms with van der Waals surface area (Å²) >= 11 is 0. The molecule has 3 rings (SSSR count). The zero-order chi connectivity index (χ0) is 36.6. The van der Waals surface area contributed by atoms with Gasteiger partial charge in [0, 0.05) is 33.1 Å². The molecule has 9 N–H and O–H groups in total. The topological polar surface area (TPSA) is 285 Å². The number of fused-ring (bicyclic) bond motifs is 3. The molecule has 10 atom stereocenters. The maximum Gasteiger partial charge on any atom is 0.234 e. The lowest BCUT2D eigenvalue weighted by atomic mass is 9.99.